The van der Waals surface area contributed by atoms with Crippen molar-refractivity contribution in [1.82, 2.24) is 9.80 Å². The molecule has 2 rings (SSSR count). The monoisotopic (exact) mass is 198 g/mol. The molecule has 0 bridgehead atoms. The summed E-state index contributed by atoms with van der Waals surface area (Å²) in [6.45, 7) is 4.82. The van der Waals surface area contributed by atoms with Crippen LogP contribution in [-0.4, -0.2) is 59.6 Å². The molecule has 0 aliphatic carbocycles. The van der Waals surface area contributed by atoms with Crippen LogP contribution in [-0.2, 0) is 4.79 Å². The summed E-state index contributed by atoms with van der Waals surface area (Å²) in [6.07, 6.45) is 1.18. The van der Waals surface area contributed by atoms with Crippen LogP contribution in [0, 0.1) is 5.92 Å². The zero-order chi connectivity index (χ0) is 10.3. The summed E-state index contributed by atoms with van der Waals surface area (Å²) in [5, 5.41) is 8.76. The Morgan fingerprint density at radius 3 is 2.43 bits per heavy atom. The number of carboxylic acids is 1. The van der Waals surface area contributed by atoms with Gasteiger partial charge in [0.05, 0.1) is 5.92 Å². The standard InChI is InChI=1S/C10H18N2O2/c1-7-3-9(6-11(7)2)12-4-8(5-12)10(13)14/h7-9H,3-6H2,1-2H3,(H,13,14). The number of rotatable bonds is 2. The maximum atomic E-state index is 10.6. The van der Waals surface area contributed by atoms with Gasteiger partial charge in [0.2, 0.25) is 0 Å². The van der Waals surface area contributed by atoms with E-state index in [0.29, 0.717) is 12.1 Å². The summed E-state index contributed by atoms with van der Waals surface area (Å²) in [5.74, 6) is -0.753. The van der Waals surface area contributed by atoms with Gasteiger partial charge in [-0.2, -0.15) is 0 Å². The topological polar surface area (TPSA) is 43.8 Å². The SMILES string of the molecule is CC1CC(N2CC(C(=O)O)C2)CN1C. The van der Waals surface area contributed by atoms with E-state index in [1.165, 1.54) is 6.42 Å². The molecular formula is C10H18N2O2. The average molecular weight is 198 g/mol. The van der Waals surface area contributed by atoms with Gasteiger partial charge < -0.3 is 10.0 Å². The Balaban J connectivity index is 1.81. The Labute approximate surface area is 84.5 Å². The molecule has 4 heteroatoms. The van der Waals surface area contributed by atoms with Gasteiger partial charge in [-0.25, -0.2) is 0 Å². The van der Waals surface area contributed by atoms with E-state index in [4.69, 9.17) is 5.11 Å². The first-order valence-electron chi connectivity index (χ1n) is 5.25. The fraction of sp³-hybridized carbons (Fsp3) is 0.900. The Bertz CT molecular complexity index is 228. The number of aliphatic carboxylic acids is 1. The van der Waals surface area contributed by atoms with Crippen LogP contribution in [0.15, 0.2) is 0 Å². The second-order valence-electron chi connectivity index (χ2n) is 4.67. The number of carbonyl (C=O) groups is 1. The molecule has 0 aromatic heterocycles. The molecule has 2 atom stereocenters. The van der Waals surface area contributed by atoms with Crippen molar-refractivity contribution in [1.29, 1.82) is 0 Å². The van der Waals surface area contributed by atoms with Crippen molar-refractivity contribution in [3.63, 3.8) is 0 Å². The number of likely N-dealkylation sites (tertiary alicyclic amines) is 2. The average Bonchev–Trinajstić information content (AvgIpc) is 2.27. The summed E-state index contributed by atoms with van der Waals surface area (Å²) in [7, 11) is 2.14. The van der Waals surface area contributed by atoms with E-state index in [-0.39, 0.29) is 5.92 Å². The number of hydrogen-bond acceptors (Lipinski definition) is 3. The van der Waals surface area contributed by atoms with E-state index in [0.717, 1.165) is 19.6 Å². The quantitative estimate of drug-likeness (QED) is 0.683. The number of nitrogens with zero attached hydrogens (tertiary/aromatic N) is 2. The Morgan fingerprint density at radius 1 is 1.36 bits per heavy atom. The van der Waals surface area contributed by atoms with Crippen molar-refractivity contribution >= 4 is 5.97 Å². The third-order valence-electron chi connectivity index (χ3n) is 3.64. The van der Waals surface area contributed by atoms with Crippen LogP contribution in [0.25, 0.3) is 0 Å². The van der Waals surface area contributed by atoms with Gasteiger partial charge in [-0.15, -0.1) is 0 Å². The van der Waals surface area contributed by atoms with Crippen LogP contribution in [0.2, 0.25) is 0 Å². The summed E-state index contributed by atoms with van der Waals surface area (Å²) in [5.41, 5.74) is 0. The van der Waals surface area contributed by atoms with Crippen LogP contribution in [0.1, 0.15) is 13.3 Å². The molecule has 2 aliphatic heterocycles. The van der Waals surface area contributed by atoms with Crippen molar-refractivity contribution < 1.29 is 9.90 Å². The van der Waals surface area contributed by atoms with Crippen LogP contribution in [0.5, 0.6) is 0 Å². The number of carboxylic acid groups (broad SMARTS) is 1. The molecule has 0 spiro atoms. The first-order valence-corrected chi connectivity index (χ1v) is 5.25. The van der Waals surface area contributed by atoms with Crippen LogP contribution < -0.4 is 0 Å². The third kappa shape index (κ3) is 1.64. The number of likely N-dealkylation sites (N-methyl/N-ethyl adjacent to an activating group) is 1. The van der Waals surface area contributed by atoms with Crippen LogP contribution >= 0.6 is 0 Å². The fourth-order valence-corrected chi connectivity index (χ4v) is 2.39. The van der Waals surface area contributed by atoms with Crippen molar-refractivity contribution in [3.05, 3.63) is 0 Å². The highest BCUT2D eigenvalue weighted by molar-refractivity contribution is 5.71. The van der Waals surface area contributed by atoms with Crippen LogP contribution in [0.3, 0.4) is 0 Å². The Hall–Kier alpha value is -0.610. The maximum absolute atomic E-state index is 10.6. The van der Waals surface area contributed by atoms with Crippen molar-refractivity contribution in [2.24, 2.45) is 5.92 Å². The molecule has 14 heavy (non-hydrogen) atoms. The minimum absolute atomic E-state index is 0.115. The molecule has 2 aliphatic rings. The van der Waals surface area contributed by atoms with E-state index in [1.807, 2.05) is 0 Å². The highest BCUT2D eigenvalue weighted by atomic mass is 16.4. The fourth-order valence-electron chi connectivity index (χ4n) is 2.39. The molecule has 2 fully saturated rings. The van der Waals surface area contributed by atoms with E-state index < -0.39 is 5.97 Å². The predicted octanol–water partition coefficient (Wildman–Crippen LogP) is 0.0954. The van der Waals surface area contributed by atoms with Crippen molar-refractivity contribution in [3.8, 4) is 0 Å². The normalized spacial score (nSPS) is 35.9. The van der Waals surface area contributed by atoms with E-state index in [2.05, 4.69) is 23.8 Å². The molecule has 0 aromatic rings. The zero-order valence-electron chi connectivity index (χ0n) is 8.81. The second-order valence-corrected chi connectivity index (χ2v) is 4.67. The van der Waals surface area contributed by atoms with Gasteiger partial charge >= 0.3 is 5.97 Å². The molecular weight excluding hydrogens is 180 g/mol. The minimum Gasteiger partial charge on any atom is -0.481 e. The molecule has 1 N–H and O–H groups in total. The summed E-state index contributed by atoms with van der Waals surface area (Å²) < 4.78 is 0. The lowest BCUT2D eigenvalue weighted by molar-refractivity contribution is -0.148. The molecule has 0 aromatic carbocycles. The molecule has 80 valence electrons. The van der Waals surface area contributed by atoms with Gasteiger partial charge in [-0.1, -0.05) is 0 Å². The molecule has 0 radical (unpaired) electrons. The molecule has 4 nitrogen and oxygen atoms in total. The van der Waals surface area contributed by atoms with E-state index in [9.17, 15) is 4.79 Å². The summed E-state index contributed by atoms with van der Waals surface area (Å²) in [6, 6.07) is 1.23. The maximum Gasteiger partial charge on any atom is 0.309 e. The Kier molecular flexibility index (Phi) is 2.49. The highest BCUT2D eigenvalue weighted by Gasteiger charge is 2.40. The largest absolute Gasteiger partial charge is 0.481 e. The third-order valence-corrected chi connectivity index (χ3v) is 3.64. The Morgan fingerprint density at radius 2 is 2.00 bits per heavy atom. The van der Waals surface area contributed by atoms with Gasteiger partial charge in [-0.3, -0.25) is 9.69 Å². The lowest BCUT2D eigenvalue weighted by atomic mass is 9.97. The highest BCUT2D eigenvalue weighted by Crippen LogP contribution is 2.26. The first kappa shape index (κ1) is 9.93. The second kappa shape index (κ2) is 3.51. The molecule has 0 amide bonds. The molecule has 2 heterocycles. The summed E-state index contributed by atoms with van der Waals surface area (Å²) >= 11 is 0. The van der Waals surface area contributed by atoms with Gasteiger partial charge in [0, 0.05) is 31.7 Å². The molecule has 2 unspecified atom stereocenters. The van der Waals surface area contributed by atoms with Gasteiger partial charge in [0.1, 0.15) is 0 Å². The molecule has 2 saturated heterocycles. The first-order chi connectivity index (χ1) is 6.58. The number of hydrogen-bond donors (Lipinski definition) is 1. The van der Waals surface area contributed by atoms with Crippen molar-refractivity contribution in [2.75, 3.05) is 26.7 Å². The lowest BCUT2D eigenvalue weighted by Crippen LogP contribution is -2.55. The van der Waals surface area contributed by atoms with E-state index >= 15 is 0 Å². The van der Waals surface area contributed by atoms with Gasteiger partial charge in [0.15, 0.2) is 0 Å². The minimum atomic E-state index is -0.638. The van der Waals surface area contributed by atoms with E-state index in [1.54, 1.807) is 0 Å². The van der Waals surface area contributed by atoms with Gasteiger partial charge in [0.25, 0.3) is 0 Å². The van der Waals surface area contributed by atoms with Crippen LogP contribution in [0.4, 0.5) is 0 Å². The molecule has 0 saturated carbocycles. The smallest absolute Gasteiger partial charge is 0.309 e. The predicted molar refractivity (Wildman–Crippen MR) is 53.2 cm³/mol. The lowest BCUT2D eigenvalue weighted by Gasteiger charge is -2.40. The zero-order valence-corrected chi connectivity index (χ0v) is 8.81. The summed E-state index contributed by atoms with van der Waals surface area (Å²) in [4.78, 5) is 15.3. The van der Waals surface area contributed by atoms with Gasteiger partial charge in [-0.05, 0) is 20.4 Å². The van der Waals surface area contributed by atoms with Crippen molar-refractivity contribution in [2.45, 2.75) is 25.4 Å².